The molecule has 1 aromatic carbocycles. The highest BCUT2D eigenvalue weighted by Gasteiger charge is 2.32. The summed E-state index contributed by atoms with van der Waals surface area (Å²) < 4.78 is 10.7. The van der Waals surface area contributed by atoms with Crippen molar-refractivity contribution >= 4 is 18.6 Å². The monoisotopic (exact) mass is 391 g/mol. The Balaban J connectivity index is 2.01. The number of benzene rings is 1. The van der Waals surface area contributed by atoms with E-state index in [1.54, 1.807) is 20.8 Å². The van der Waals surface area contributed by atoms with Crippen LogP contribution in [0, 0.1) is 0 Å². The van der Waals surface area contributed by atoms with E-state index < -0.39 is 17.8 Å². The third-order valence-electron chi connectivity index (χ3n) is 4.38. The number of ether oxygens (including phenoxy) is 2. The maximum absolute atomic E-state index is 12.7. The molecule has 8 nitrogen and oxygen atoms in total. The molecule has 0 atom stereocenters. The zero-order valence-corrected chi connectivity index (χ0v) is 16.6. The van der Waals surface area contributed by atoms with E-state index in [0.717, 1.165) is 5.56 Å². The molecular formula is C20H29N3O5. The van der Waals surface area contributed by atoms with Crippen LogP contribution in [0.1, 0.15) is 52.0 Å². The number of carbonyl (C=O) groups excluding carboxylic acids is 3. The molecule has 154 valence electrons. The van der Waals surface area contributed by atoms with E-state index >= 15 is 0 Å². The SMILES string of the molecule is CC(C)(C)OC(=O)NN(C(=O)OCc1ccccc1)C1CCC(NC=O)CC1. The third-order valence-corrected chi connectivity index (χ3v) is 4.38. The van der Waals surface area contributed by atoms with E-state index in [1.165, 1.54) is 5.01 Å². The molecule has 0 aromatic heterocycles. The zero-order chi connectivity index (χ0) is 20.6. The van der Waals surface area contributed by atoms with Crippen molar-refractivity contribution in [1.82, 2.24) is 15.8 Å². The molecule has 2 N–H and O–H groups in total. The fourth-order valence-electron chi connectivity index (χ4n) is 3.07. The largest absolute Gasteiger partial charge is 0.443 e. The van der Waals surface area contributed by atoms with Crippen LogP contribution in [0.3, 0.4) is 0 Å². The molecule has 0 aliphatic heterocycles. The van der Waals surface area contributed by atoms with E-state index in [4.69, 9.17) is 9.47 Å². The number of hydrogen-bond donors (Lipinski definition) is 2. The molecule has 1 aromatic rings. The van der Waals surface area contributed by atoms with Gasteiger partial charge in [-0.3, -0.25) is 4.79 Å². The molecule has 1 aliphatic rings. The van der Waals surface area contributed by atoms with Gasteiger partial charge in [0.2, 0.25) is 6.41 Å². The van der Waals surface area contributed by atoms with Crippen LogP contribution in [0.5, 0.6) is 0 Å². The van der Waals surface area contributed by atoms with Gasteiger partial charge in [0, 0.05) is 6.04 Å². The molecule has 1 saturated carbocycles. The molecule has 0 spiro atoms. The molecule has 8 heteroatoms. The Kier molecular flexibility index (Phi) is 7.66. The fourth-order valence-corrected chi connectivity index (χ4v) is 3.07. The third kappa shape index (κ3) is 7.09. The summed E-state index contributed by atoms with van der Waals surface area (Å²) in [6.07, 6.45) is 2.02. The van der Waals surface area contributed by atoms with E-state index in [-0.39, 0.29) is 18.7 Å². The summed E-state index contributed by atoms with van der Waals surface area (Å²) >= 11 is 0. The quantitative estimate of drug-likeness (QED) is 0.594. The number of nitrogens with zero attached hydrogens (tertiary/aromatic N) is 1. The molecule has 0 bridgehead atoms. The van der Waals surface area contributed by atoms with Crippen LogP contribution in [0.25, 0.3) is 0 Å². The standard InChI is InChI=1S/C20H29N3O5/c1-20(2,3)28-18(25)22-23(17-11-9-16(10-12-17)21-14-24)19(26)27-13-15-7-5-4-6-8-15/h4-8,14,16-17H,9-13H2,1-3H3,(H,21,24)(H,22,25). The Hall–Kier alpha value is -2.77. The zero-order valence-electron chi connectivity index (χ0n) is 16.6. The van der Waals surface area contributed by atoms with Crippen LogP contribution in [0.15, 0.2) is 30.3 Å². The second kappa shape index (κ2) is 9.96. The van der Waals surface area contributed by atoms with Gasteiger partial charge in [0.1, 0.15) is 12.2 Å². The van der Waals surface area contributed by atoms with Crippen molar-refractivity contribution < 1.29 is 23.9 Å². The van der Waals surface area contributed by atoms with Crippen LogP contribution in [0.2, 0.25) is 0 Å². The summed E-state index contributed by atoms with van der Waals surface area (Å²) in [4.78, 5) is 35.5. The summed E-state index contributed by atoms with van der Waals surface area (Å²) in [6.45, 7) is 5.36. The average Bonchev–Trinajstić information content (AvgIpc) is 2.65. The van der Waals surface area contributed by atoms with Crippen molar-refractivity contribution in [3.05, 3.63) is 35.9 Å². The first-order valence-corrected chi connectivity index (χ1v) is 9.47. The lowest BCUT2D eigenvalue weighted by molar-refractivity contribution is -0.110. The van der Waals surface area contributed by atoms with Gasteiger partial charge in [0.25, 0.3) is 0 Å². The van der Waals surface area contributed by atoms with Gasteiger partial charge in [0.05, 0.1) is 6.04 Å². The molecule has 28 heavy (non-hydrogen) atoms. The molecular weight excluding hydrogens is 362 g/mol. The molecule has 0 saturated heterocycles. The number of hydrazine groups is 1. The van der Waals surface area contributed by atoms with Crippen molar-refractivity contribution in [1.29, 1.82) is 0 Å². The average molecular weight is 391 g/mol. The van der Waals surface area contributed by atoms with Crippen molar-refractivity contribution in [2.45, 2.75) is 70.7 Å². The van der Waals surface area contributed by atoms with Crippen LogP contribution in [-0.4, -0.2) is 41.3 Å². The molecule has 1 aliphatic carbocycles. The first kappa shape index (κ1) is 21.5. The predicted molar refractivity (Wildman–Crippen MR) is 103 cm³/mol. The van der Waals surface area contributed by atoms with Crippen LogP contribution in [-0.2, 0) is 20.9 Å². The van der Waals surface area contributed by atoms with E-state index in [2.05, 4.69) is 10.7 Å². The summed E-state index contributed by atoms with van der Waals surface area (Å²) in [6, 6.07) is 9.17. The normalized spacial score (nSPS) is 19.2. The van der Waals surface area contributed by atoms with Gasteiger partial charge in [-0.2, -0.15) is 0 Å². The summed E-state index contributed by atoms with van der Waals surface area (Å²) in [7, 11) is 0. The Bertz CT molecular complexity index is 652. The predicted octanol–water partition coefficient (Wildman–Crippen LogP) is 3.12. The van der Waals surface area contributed by atoms with Gasteiger partial charge in [-0.05, 0) is 52.0 Å². The maximum Gasteiger partial charge on any atom is 0.429 e. The first-order valence-electron chi connectivity index (χ1n) is 9.47. The lowest BCUT2D eigenvalue weighted by atomic mass is 9.91. The second-order valence-electron chi connectivity index (χ2n) is 7.81. The summed E-state index contributed by atoms with van der Waals surface area (Å²) in [5, 5.41) is 3.98. The van der Waals surface area contributed by atoms with Crippen molar-refractivity contribution in [2.75, 3.05) is 0 Å². The summed E-state index contributed by atoms with van der Waals surface area (Å²) in [5.74, 6) is 0. The van der Waals surface area contributed by atoms with E-state index in [1.807, 2.05) is 30.3 Å². The van der Waals surface area contributed by atoms with Gasteiger partial charge in [-0.25, -0.2) is 20.0 Å². The lowest BCUT2D eigenvalue weighted by Crippen LogP contribution is -2.54. The lowest BCUT2D eigenvalue weighted by Gasteiger charge is -2.36. The number of amides is 3. The highest BCUT2D eigenvalue weighted by molar-refractivity contribution is 5.74. The van der Waals surface area contributed by atoms with Crippen molar-refractivity contribution in [2.24, 2.45) is 0 Å². The molecule has 2 rings (SSSR count). The topological polar surface area (TPSA) is 97.0 Å². The smallest absolute Gasteiger partial charge is 0.429 e. The van der Waals surface area contributed by atoms with Gasteiger partial charge in [-0.1, -0.05) is 30.3 Å². The van der Waals surface area contributed by atoms with Crippen LogP contribution < -0.4 is 10.7 Å². The molecule has 0 unspecified atom stereocenters. The fraction of sp³-hybridized carbons (Fsp3) is 0.550. The number of hydrogen-bond acceptors (Lipinski definition) is 5. The Labute approximate surface area is 165 Å². The van der Waals surface area contributed by atoms with Gasteiger partial charge in [-0.15, -0.1) is 0 Å². The van der Waals surface area contributed by atoms with Crippen molar-refractivity contribution in [3.63, 3.8) is 0 Å². The summed E-state index contributed by atoms with van der Waals surface area (Å²) in [5.41, 5.74) is 2.70. The number of rotatable bonds is 5. The number of carbonyl (C=O) groups is 3. The minimum absolute atomic E-state index is 0.0810. The van der Waals surface area contributed by atoms with Crippen molar-refractivity contribution in [3.8, 4) is 0 Å². The van der Waals surface area contributed by atoms with Gasteiger partial charge in [0.15, 0.2) is 0 Å². The minimum Gasteiger partial charge on any atom is -0.443 e. The van der Waals surface area contributed by atoms with E-state index in [0.29, 0.717) is 32.1 Å². The molecule has 1 fully saturated rings. The first-order chi connectivity index (χ1) is 13.3. The highest BCUT2D eigenvalue weighted by atomic mass is 16.6. The van der Waals surface area contributed by atoms with E-state index in [9.17, 15) is 14.4 Å². The Morgan fingerprint density at radius 1 is 1.14 bits per heavy atom. The van der Waals surface area contributed by atoms with Crippen LogP contribution in [0.4, 0.5) is 9.59 Å². The highest BCUT2D eigenvalue weighted by Crippen LogP contribution is 2.23. The number of nitrogens with one attached hydrogen (secondary N) is 2. The Morgan fingerprint density at radius 2 is 1.79 bits per heavy atom. The molecule has 3 amide bonds. The van der Waals surface area contributed by atoms with Crippen LogP contribution >= 0.6 is 0 Å². The van der Waals surface area contributed by atoms with Gasteiger partial charge >= 0.3 is 12.2 Å². The minimum atomic E-state index is -0.711. The maximum atomic E-state index is 12.7. The van der Waals surface area contributed by atoms with Gasteiger partial charge < -0.3 is 14.8 Å². The second-order valence-corrected chi connectivity index (χ2v) is 7.81. The Morgan fingerprint density at radius 3 is 2.36 bits per heavy atom. The molecule has 0 radical (unpaired) electrons. The molecule has 0 heterocycles.